The van der Waals surface area contributed by atoms with Crippen molar-refractivity contribution in [2.45, 2.75) is 25.2 Å². The summed E-state index contributed by atoms with van der Waals surface area (Å²) in [5.41, 5.74) is 2.31. The molecule has 1 heterocycles. The Labute approximate surface area is 101 Å². The highest BCUT2D eigenvalue weighted by atomic mass is 32.2. The molecule has 2 aromatic rings. The highest BCUT2D eigenvalue weighted by Crippen LogP contribution is 2.26. The van der Waals surface area contributed by atoms with Crippen LogP contribution in [0.4, 0.5) is 0 Å². The summed E-state index contributed by atoms with van der Waals surface area (Å²) in [4.78, 5) is 4.83. The van der Waals surface area contributed by atoms with Gasteiger partial charge in [0, 0.05) is 11.6 Å². The number of rotatable bonds is 2. The first-order valence-corrected chi connectivity index (χ1v) is 7.42. The Balaban J connectivity index is 2.96. The summed E-state index contributed by atoms with van der Waals surface area (Å²) in [6.07, 6.45) is 1.86. The Morgan fingerprint density at radius 1 is 1.24 bits per heavy atom. The maximum absolute atomic E-state index is 11.8. The summed E-state index contributed by atoms with van der Waals surface area (Å²) < 4.78 is 23.7. The number of hydrogen-bond donors (Lipinski definition) is 0. The molecule has 0 aliphatic heterocycles. The topological polar surface area (TPSA) is 47.0 Å². The van der Waals surface area contributed by atoms with Gasteiger partial charge in [0.1, 0.15) is 0 Å². The van der Waals surface area contributed by atoms with Gasteiger partial charge in [-0.2, -0.15) is 0 Å². The number of nitrogens with zero attached hydrogens (tertiary/aromatic N) is 1. The van der Waals surface area contributed by atoms with Crippen LogP contribution in [0.25, 0.3) is 10.9 Å². The number of hydrogen-bond acceptors (Lipinski definition) is 3. The molecule has 0 atom stereocenters. The normalized spacial score (nSPS) is 11.9. The molecular formula is C13H15NO2S. The van der Waals surface area contributed by atoms with Crippen LogP contribution in [-0.4, -0.2) is 19.7 Å². The van der Waals surface area contributed by atoms with Gasteiger partial charge in [-0.15, -0.1) is 0 Å². The van der Waals surface area contributed by atoms with Gasteiger partial charge in [-0.25, -0.2) is 8.42 Å². The lowest BCUT2D eigenvalue weighted by molar-refractivity contribution is 0.599. The van der Waals surface area contributed by atoms with Gasteiger partial charge in [0.25, 0.3) is 0 Å². The second kappa shape index (κ2) is 4.11. The van der Waals surface area contributed by atoms with Crippen LogP contribution in [0.2, 0.25) is 0 Å². The molecule has 0 spiro atoms. The molecule has 0 bridgehead atoms. The molecule has 0 saturated heterocycles. The van der Waals surface area contributed by atoms with E-state index in [1.165, 1.54) is 6.26 Å². The fourth-order valence-electron chi connectivity index (χ4n) is 2.15. The van der Waals surface area contributed by atoms with E-state index in [1.807, 2.05) is 38.1 Å². The second-order valence-corrected chi connectivity index (χ2v) is 6.11. The summed E-state index contributed by atoms with van der Waals surface area (Å²) in [7, 11) is -3.23. The number of fused-ring (bicyclic) bond motifs is 1. The van der Waals surface area contributed by atoms with Gasteiger partial charge < -0.3 is 0 Å². The Morgan fingerprint density at radius 3 is 2.47 bits per heavy atom. The van der Waals surface area contributed by atoms with Crippen LogP contribution in [0, 0.1) is 6.92 Å². The Bertz CT molecular complexity index is 675. The average molecular weight is 249 g/mol. The number of pyridine rings is 1. The van der Waals surface area contributed by atoms with Gasteiger partial charge in [-0.1, -0.05) is 25.1 Å². The highest BCUT2D eigenvalue weighted by Gasteiger charge is 2.18. The number of sulfone groups is 1. The molecule has 0 unspecified atom stereocenters. The van der Waals surface area contributed by atoms with Gasteiger partial charge in [0.2, 0.25) is 0 Å². The van der Waals surface area contributed by atoms with Crippen molar-refractivity contribution >= 4 is 20.7 Å². The number of aromatic nitrogens is 1. The molecule has 0 N–H and O–H groups in total. The average Bonchev–Trinajstić information content (AvgIpc) is 2.27. The predicted molar refractivity (Wildman–Crippen MR) is 69.0 cm³/mol. The highest BCUT2D eigenvalue weighted by molar-refractivity contribution is 7.90. The molecule has 0 saturated carbocycles. The lowest BCUT2D eigenvalue weighted by Crippen LogP contribution is -2.07. The minimum atomic E-state index is -3.23. The molecule has 0 aliphatic carbocycles. The number of benzene rings is 1. The van der Waals surface area contributed by atoms with Crippen molar-refractivity contribution in [2.75, 3.05) is 6.26 Å². The Hall–Kier alpha value is -1.42. The van der Waals surface area contributed by atoms with Gasteiger partial charge >= 0.3 is 0 Å². The molecule has 17 heavy (non-hydrogen) atoms. The van der Waals surface area contributed by atoms with E-state index in [0.29, 0.717) is 17.0 Å². The summed E-state index contributed by atoms with van der Waals surface area (Å²) in [5.74, 6) is 0. The third-order valence-electron chi connectivity index (χ3n) is 2.87. The van der Waals surface area contributed by atoms with Crippen LogP contribution >= 0.6 is 0 Å². The van der Waals surface area contributed by atoms with Crippen LogP contribution in [0.15, 0.2) is 29.2 Å². The fourth-order valence-corrected chi connectivity index (χ4v) is 3.44. The molecule has 2 rings (SSSR count). The summed E-state index contributed by atoms with van der Waals surface area (Å²) in [6.45, 7) is 3.77. The quantitative estimate of drug-likeness (QED) is 0.821. The molecule has 0 radical (unpaired) electrons. The molecule has 4 heteroatoms. The molecule has 0 fully saturated rings. The molecular weight excluding hydrogens is 234 g/mol. The van der Waals surface area contributed by atoms with Gasteiger partial charge in [-0.3, -0.25) is 4.98 Å². The SMILES string of the molecule is CCc1nc2ccccc2c(C)c1S(C)(=O)=O. The van der Waals surface area contributed by atoms with Crippen molar-refractivity contribution in [3.05, 3.63) is 35.5 Å². The van der Waals surface area contributed by atoms with Gasteiger partial charge in [0.15, 0.2) is 9.84 Å². The molecule has 0 aliphatic rings. The predicted octanol–water partition coefficient (Wildman–Crippen LogP) is 2.51. The maximum Gasteiger partial charge on any atom is 0.177 e. The van der Waals surface area contributed by atoms with E-state index in [4.69, 9.17) is 0 Å². The second-order valence-electron chi connectivity index (χ2n) is 4.16. The van der Waals surface area contributed by atoms with Crippen LogP contribution in [0.5, 0.6) is 0 Å². The zero-order chi connectivity index (χ0) is 12.6. The fraction of sp³-hybridized carbons (Fsp3) is 0.308. The first kappa shape index (κ1) is 12.0. The van der Waals surface area contributed by atoms with E-state index in [2.05, 4.69) is 4.98 Å². The Kier molecular flexibility index (Phi) is 2.91. The largest absolute Gasteiger partial charge is 0.251 e. The monoisotopic (exact) mass is 249 g/mol. The standard InChI is InChI=1S/C13H15NO2S/c1-4-11-13(17(3,15)16)9(2)10-7-5-6-8-12(10)14-11/h5-8H,4H2,1-3H3. The van der Waals surface area contributed by atoms with Crippen LogP contribution < -0.4 is 0 Å². The van der Waals surface area contributed by atoms with Crippen molar-refractivity contribution in [3.63, 3.8) is 0 Å². The van der Waals surface area contributed by atoms with E-state index < -0.39 is 9.84 Å². The molecule has 90 valence electrons. The zero-order valence-corrected chi connectivity index (χ0v) is 11.0. The first-order chi connectivity index (χ1) is 7.95. The molecule has 3 nitrogen and oxygen atoms in total. The minimum absolute atomic E-state index is 0.388. The van der Waals surface area contributed by atoms with Crippen molar-refractivity contribution in [1.82, 2.24) is 4.98 Å². The van der Waals surface area contributed by atoms with Crippen LogP contribution in [0.1, 0.15) is 18.2 Å². The number of aryl methyl sites for hydroxylation is 2. The lowest BCUT2D eigenvalue weighted by atomic mass is 10.1. The number of para-hydroxylation sites is 1. The van der Waals surface area contributed by atoms with E-state index in [-0.39, 0.29) is 0 Å². The zero-order valence-electron chi connectivity index (χ0n) is 10.2. The third kappa shape index (κ3) is 2.05. The Morgan fingerprint density at radius 2 is 1.88 bits per heavy atom. The van der Waals surface area contributed by atoms with Crippen molar-refractivity contribution < 1.29 is 8.42 Å². The molecule has 1 aromatic carbocycles. The first-order valence-electron chi connectivity index (χ1n) is 5.53. The summed E-state index contributed by atoms with van der Waals surface area (Å²) in [6, 6.07) is 7.63. The van der Waals surface area contributed by atoms with E-state index in [1.54, 1.807) is 0 Å². The third-order valence-corrected chi connectivity index (χ3v) is 4.16. The molecule has 1 aromatic heterocycles. The van der Waals surface area contributed by atoms with Crippen LogP contribution in [-0.2, 0) is 16.3 Å². The van der Waals surface area contributed by atoms with E-state index in [9.17, 15) is 8.42 Å². The molecule has 0 amide bonds. The lowest BCUT2D eigenvalue weighted by Gasteiger charge is -2.11. The van der Waals surface area contributed by atoms with Crippen molar-refractivity contribution in [3.8, 4) is 0 Å². The van der Waals surface area contributed by atoms with Crippen LogP contribution in [0.3, 0.4) is 0 Å². The van der Waals surface area contributed by atoms with E-state index >= 15 is 0 Å². The van der Waals surface area contributed by atoms with Crippen molar-refractivity contribution in [2.24, 2.45) is 0 Å². The van der Waals surface area contributed by atoms with Gasteiger partial charge in [0.05, 0.1) is 16.1 Å². The smallest absolute Gasteiger partial charge is 0.177 e. The summed E-state index contributed by atoms with van der Waals surface area (Å²) in [5, 5.41) is 0.908. The maximum atomic E-state index is 11.8. The van der Waals surface area contributed by atoms with Gasteiger partial charge in [-0.05, 0) is 25.0 Å². The van der Waals surface area contributed by atoms with Crippen molar-refractivity contribution in [1.29, 1.82) is 0 Å². The summed E-state index contributed by atoms with van der Waals surface area (Å²) >= 11 is 0. The minimum Gasteiger partial charge on any atom is -0.251 e. The van der Waals surface area contributed by atoms with E-state index in [0.717, 1.165) is 16.5 Å².